The first-order valence-corrected chi connectivity index (χ1v) is 8.80. The highest BCUT2D eigenvalue weighted by molar-refractivity contribution is 7.85. The molecule has 4 heteroatoms. The van der Waals surface area contributed by atoms with Crippen LogP contribution < -0.4 is 0 Å². The first-order valence-electron chi connectivity index (χ1n) is 7.48. The summed E-state index contributed by atoms with van der Waals surface area (Å²) in [6, 6.07) is 19.3. The molecular formula is C19H20N2OS. The van der Waals surface area contributed by atoms with Gasteiger partial charge in [-0.1, -0.05) is 36.4 Å². The van der Waals surface area contributed by atoms with Crippen LogP contribution in [0.15, 0.2) is 72.1 Å². The lowest BCUT2D eigenvalue weighted by Gasteiger charge is -2.20. The number of nitriles is 1. The van der Waals surface area contributed by atoms with E-state index < -0.39 is 10.8 Å². The number of hydrogen-bond donors (Lipinski definition) is 0. The summed E-state index contributed by atoms with van der Waals surface area (Å²) in [7, 11) is -1.000. The molecular weight excluding hydrogens is 304 g/mol. The predicted octanol–water partition coefficient (Wildman–Crippen LogP) is 3.35. The Balaban J connectivity index is 1.97. The van der Waals surface area contributed by atoms with Crippen molar-refractivity contribution in [3.8, 4) is 6.07 Å². The van der Waals surface area contributed by atoms with Crippen molar-refractivity contribution < 1.29 is 4.21 Å². The molecule has 0 fully saturated rings. The predicted molar refractivity (Wildman–Crippen MR) is 94.3 cm³/mol. The Morgan fingerprint density at radius 3 is 2.65 bits per heavy atom. The van der Waals surface area contributed by atoms with Crippen molar-refractivity contribution in [3.05, 3.63) is 78.4 Å². The van der Waals surface area contributed by atoms with E-state index in [1.54, 1.807) is 6.07 Å². The average molecular weight is 324 g/mol. The number of rotatable bonds is 8. The summed E-state index contributed by atoms with van der Waals surface area (Å²) >= 11 is 0. The highest BCUT2D eigenvalue weighted by atomic mass is 32.2. The molecule has 3 nitrogen and oxygen atoms in total. The fraction of sp³-hybridized carbons (Fsp3) is 0.211. The van der Waals surface area contributed by atoms with Gasteiger partial charge in [0.1, 0.15) is 0 Å². The molecule has 0 aliphatic rings. The molecule has 0 saturated heterocycles. The summed E-state index contributed by atoms with van der Waals surface area (Å²) in [4.78, 5) is 3.04. The van der Waals surface area contributed by atoms with E-state index in [1.807, 2.05) is 54.6 Å². The van der Waals surface area contributed by atoms with Gasteiger partial charge in [-0.05, 0) is 29.8 Å². The zero-order valence-electron chi connectivity index (χ0n) is 13.0. The molecule has 0 spiro atoms. The van der Waals surface area contributed by atoms with E-state index in [4.69, 9.17) is 5.26 Å². The molecule has 23 heavy (non-hydrogen) atoms. The lowest BCUT2D eigenvalue weighted by molar-refractivity contribution is 0.313. The normalized spacial score (nSPS) is 11.8. The number of benzene rings is 2. The Morgan fingerprint density at radius 2 is 1.96 bits per heavy atom. The summed E-state index contributed by atoms with van der Waals surface area (Å²) in [5.41, 5.74) is 1.74. The molecule has 118 valence electrons. The fourth-order valence-corrected chi connectivity index (χ4v) is 3.44. The van der Waals surface area contributed by atoms with E-state index in [0.717, 1.165) is 17.0 Å². The highest BCUT2D eigenvalue weighted by Gasteiger charge is 2.09. The molecule has 1 atom stereocenters. The second kappa shape index (κ2) is 9.04. The van der Waals surface area contributed by atoms with Crippen LogP contribution in [0.5, 0.6) is 0 Å². The standard InChI is InChI=1S/C19H20N2OS/c1-2-11-21(16-18-8-6-7-17(14-18)15-20)12-13-23(22)19-9-4-3-5-10-19/h2-10,14H,1,11-13,16H2. The monoisotopic (exact) mass is 324 g/mol. The third kappa shape index (κ3) is 5.48. The first kappa shape index (κ1) is 17.1. The molecule has 2 aromatic carbocycles. The maximum Gasteiger partial charge on any atom is 0.0991 e. The third-order valence-corrected chi connectivity index (χ3v) is 4.80. The van der Waals surface area contributed by atoms with Gasteiger partial charge in [0.15, 0.2) is 0 Å². The van der Waals surface area contributed by atoms with Crippen molar-refractivity contribution in [2.24, 2.45) is 0 Å². The summed E-state index contributed by atoms with van der Waals surface area (Å²) in [6.07, 6.45) is 1.85. The second-order valence-corrected chi connectivity index (χ2v) is 6.77. The van der Waals surface area contributed by atoms with Crippen LogP contribution in [-0.2, 0) is 17.3 Å². The summed E-state index contributed by atoms with van der Waals surface area (Å²) in [5, 5.41) is 8.98. The largest absolute Gasteiger partial charge is 0.295 e. The van der Waals surface area contributed by atoms with Crippen LogP contribution in [0.1, 0.15) is 11.1 Å². The molecule has 0 heterocycles. The lowest BCUT2D eigenvalue weighted by atomic mass is 10.1. The van der Waals surface area contributed by atoms with Crippen LogP contribution in [0.3, 0.4) is 0 Å². The Morgan fingerprint density at radius 1 is 1.17 bits per heavy atom. The smallest absolute Gasteiger partial charge is 0.0991 e. The summed E-state index contributed by atoms with van der Waals surface area (Å²) in [6.45, 7) is 5.94. The first-order chi connectivity index (χ1) is 11.2. The van der Waals surface area contributed by atoms with Crippen LogP contribution in [0.2, 0.25) is 0 Å². The van der Waals surface area contributed by atoms with E-state index >= 15 is 0 Å². The van der Waals surface area contributed by atoms with E-state index in [2.05, 4.69) is 17.5 Å². The van der Waals surface area contributed by atoms with Gasteiger partial charge in [-0.2, -0.15) is 5.26 Å². The quantitative estimate of drug-likeness (QED) is 0.699. The highest BCUT2D eigenvalue weighted by Crippen LogP contribution is 2.10. The van der Waals surface area contributed by atoms with Gasteiger partial charge >= 0.3 is 0 Å². The molecule has 0 radical (unpaired) electrons. The van der Waals surface area contributed by atoms with Crippen LogP contribution in [0.4, 0.5) is 0 Å². The average Bonchev–Trinajstić information content (AvgIpc) is 2.60. The van der Waals surface area contributed by atoms with Crippen LogP contribution in [0, 0.1) is 11.3 Å². The molecule has 0 bridgehead atoms. The Bertz CT molecular complexity index is 707. The maximum absolute atomic E-state index is 12.3. The lowest BCUT2D eigenvalue weighted by Crippen LogP contribution is -2.28. The molecule has 0 saturated carbocycles. The van der Waals surface area contributed by atoms with Crippen molar-refractivity contribution in [2.45, 2.75) is 11.4 Å². The van der Waals surface area contributed by atoms with Gasteiger partial charge in [0.25, 0.3) is 0 Å². The SMILES string of the molecule is C=CCN(CCS(=O)c1ccccc1)Cc1cccc(C#N)c1. The van der Waals surface area contributed by atoms with Crippen molar-refractivity contribution in [1.29, 1.82) is 5.26 Å². The molecule has 2 rings (SSSR count). The van der Waals surface area contributed by atoms with Crippen molar-refractivity contribution in [1.82, 2.24) is 4.90 Å². The van der Waals surface area contributed by atoms with E-state index in [0.29, 0.717) is 24.4 Å². The fourth-order valence-electron chi connectivity index (χ4n) is 2.32. The Labute approximate surface area is 140 Å². The summed E-state index contributed by atoms with van der Waals surface area (Å²) < 4.78 is 12.3. The number of nitrogens with zero attached hydrogens (tertiary/aromatic N) is 2. The number of hydrogen-bond acceptors (Lipinski definition) is 3. The molecule has 0 N–H and O–H groups in total. The van der Waals surface area contributed by atoms with Gasteiger partial charge in [-0.15, -0.1) is 6.58 Å². The van der Waals surface area contributed by atoms with Gasteiger partial charge in [0.05, 0.1) is 22.4 Å². The zero-order chi connectivity index (χ0) is 16.5. The summed E-state index contributed by atoms with van der Waals surface area (Å²) in [5.74, 6) is 0.579. The van der Waals surface area contributed by atoms with Gasteiger partial charge < -0.3 is 0 Å². The third-order valence-electron chi connectivity index (χ3n) is 3.45. The maximum atomic E-state index is 12.3. The van der Waals surface area contributed by atoms with Gasteiger partial charge in [0, 0.05) is 30.3 Å². The van der Waals surface area contributed by atoms with Crippen molar-refractivity contribution in [3.63, 3.8) is 0 Å². The van der Waals surface area contributed by atoms with E-state index in [1.165, 1.54) is 0 Å². The van der Waals surface area contributed by atoms with Crippen molar-refractivity contribution >= 4 is 10.8 Å². The topological polar surface area (TPSA) is 44.1 Å². The minimum Gasteiger partial charge on any atom is -0.295 e. The van der Waals surface area contributed by atoms with Crippen LogP contribution >= 0.6 is 0 Å². The van der Waals surface area contributed by atoms with Crippen LogP contribution in [-0.4, -0.2) is 28.0 Å². The second-order valence-electron chi connectivity index (χ2n) is 5.20. The van der Waals surface area contributed by atoms with Crippen molar-refractivity contribution in [2.75, 3.05) is 18.8 Å². The molecule has 0 aliphatic heterocycles. The molecule has 1 unspecified atom stereocenters. The van der Waals surface area contributed by atoms with Gasteiger partial charge in [-0.3, -0.25) is 9.11 Å². The Hall–Kier alpha value is -2.22. The minimum atomic E-state index is -1.000. The minimum absolute atomic E-state index is 0.579. The van der Waals surface area contributed by atoms with Crippen LogP contribution in [0.25, 0.3) is 0 Å². The molecule has 0 amide bonds. The van der Waals surface area contributed by atoms with Gasteiger partial charge in [-0.25, -0.2) is 0 Å². The molecule has 0 aromatic heterocycles. The molecule has 0 aliphatic carbocycles. The van der Waals surface area contributed by atoms with Gasteiger partial charge in [0.2, 0.25) is 0 Å². The van der Waals surface area contributed by atoms with E-state index in [-0.39, 0.29) is 0 Å². The molecule has 2 aromatic rings. The Kier molecular flexibility index (Phi) is 6.74. The zero-order valence-corrected chi connectivity index (χ0v) is 13.8. The van der Waals surface area contributed by atoms with E-state index in [9.17, 15) is 4.21 Å².